The molecule has 0 unspecified atom stereocenters. The van der Waals surface area contributed by atoms with Crippen molar-refractivity contribution in [2.24, 2.45) is 0 Å². The number of pyridine rings is 1. The van der Waals surface area contributed by atoms with Crippen LogP contribution < -0.4 is 11.1 Å². The minimum absolute atomic E-state index is 0.188. The zero-order valence-electron chi connectivity index (χ0n) is 11.0. The van der Waals surface area contributed by atoms with Gasteiger partial charge in [0.1, 0.15) is 11.6 Å². The molecule has 0 bridgehead atoms. The minimum Gasteiger partial charge on any atom is -0.384 e. The zero-order valence-corrected chi connectivity index (χ0v) is 11.0. The number of imidazole rings is 1. The first-order chi connectivity index (χ1) is 9.06. The molecule has 0 saturated heterocycles. The van der Waals surface area contributed by atoms with Gasteiger partial charge in [-0.1, -0.05) is 13.8 Å². The summed E-state index contributed by atoms with van der Waals surface area (Å²) in [6.45, 7) is 4.36. The Kier molecular flexibility index (Phi) is 3.79. The first kappa shape index (κ1) is 13.1. The van der Waals surface area contributed by atoms with E-state index in [1.807, 2.05) is 13.8 Å². The Morgan fingerprint density at radius 2 is 2.26 bits per heavy atom. The van der Waals surface area contributed by atoms with Gasteiger partial charge >= 0.3 is 0 Å². The van der Waals surface area contributed by atoms with Gasteiger partial charge in [-0.3, -0.25) is 4.79 Å². The highest BCUT2D eigenvalue weighted by Crippen LogP contribution is 2.16. The molecule has 19 heavy (non-hydrogen) atoms. The van der Waals surface area contributed by atoms with Gasteiger partial charge in [0.2, 0.25) is 0 Å². The molecule has 0 aliphatic rings. The van der Waals surface area contributed by atoms with Gasteiger partial charge in [-0.15, -0.1) is 0 Å². The smallest absolute Gasteiger partial charge is 0.251 e. The van der Waals surface area contributed by atoms with Crippen molar-refractivity contribution in [2.75, 3.05) is 5.73 Å². The number of nitrogens with one attached hydrogen (secondary N) is 2. The maximum Gasteiger partial charge on any atom is 0.251 e. The van der Waals surface area contributed by atoms with E-state index in [-0.39, 0.29) is 11.8 Å². The van der Waals surface area contributed by atoms with Crippen LogP contribution in [-0.2, 0) is 6.54 Å². The molecule has 6 heteroatoms. The molecule has 1 amide bonds. The third-order valence-electron chi connectivity index (χ3n) is 2.69. The van der Waals surface area contributed by atoms with Crippen LogP contribution in [0.1, 0.15) is 41.6 Å². The fourth-order valence-corrected chi connectivity index (χ4v) is 1.66. The Balaban J connectivity index is 2.10. The van der Waals surface area contributed by atoms with Crippen LogP contribution in [0.5, 0.6) is 0 Å². The van der Waals surface area contributed by atoms with Gasteiger partial charge in [0.15, 0.2) is 0 Å². The van der Waals surface area contributed by atoms with Crippen LogP contribution in [-0.4, -0.2) is 20.9 Å². The number of nitrogen functional groups attached to an aromatic ring is 1. The molecule has 2 aromatic rings. The van der Waals surface area contributed by atoms with Crippen LogP contribution in [0, 0.1) is 0 Å². The molecular weight excluding hydrogens is 242 g/mol. The number of carbonyl (C=O) groups excluding carboxylic acids is 1. The number of anilines is 1. The molecular formula is C13H17N5O. The maximum absolute atomic E-state index is 12.0. The number of H-pyrrole nitrogens is 1. The third kappa shape index (κ3) is 3.31. The van der Waals surface area contributed by atoms with Crippen molar-refractivity contribution in [3.8, 4) is 0 Å². The van der Waals surface area contributed by atoms with Gasteiger partial charge in [-0.2, -0.15) is 0 Å². The lowest BCUT2D eigenvalue weighted by molar-refractivity contribution is 0.0950. The number of hydrogen-bond donors (Lipinski definition) is 3. The lowest BCUT2D eigenvalue weighted by Crippen LogP contribution is -2.24. The second-order valence-corrected chi connectivity index (χ2v) is 4.58. The highest BCUT2D eigenvalue weighted by atomic mass is 16.1. The number of nitrogens with two attached hydrogens (primary N) is 1. The van der Waals surface area contributed by atoms with Crippen molar-refractivity contribution in [3.63, 3.8) is 0 Å². The van der Waals surface area contributed by atoms with E-state index in [4.69, 9.17) is 5.73 Å². The summed E-state index contributed by atoms with van der Waals surface area (Å²) in [6, 6.07) is 3.34. The van der Waals surface area contributed by atoms with E-state index in [0.717, 1.165) is 5.69 Å². The van der Waals surface area contributed by atoms with Crippen LogP contribution in [0.2, 0.25) is 0 Å². The number of aromatic amines is 1. The first-order valence-corrected chi connectivity index (χ1v) is 6.10. The van der Waals surface area contributed by atoms with Gasteiger partial charge in [0.05, 0.1) is 6.54 Å². The molecule has 2 aromatic heterocycles. The SMILES string of the molecule is CC(C)c1cc(C(=O)NCc2ncc[nH]2)cc(N)n1. The van der Waals surface area contributed by atoms with Crippen molar-refractivity contribution >= 4 is 11.7 Å². The number of carbonyl (C=O) groups is 1. The molecule has 2 heterocycles. The summed E-state index contributed by atoms with van der Waals surface area (Å²) in [4.78, 5) is 23.2. The summed E-state index contributed by atoms with van der Waals surface area (Å²) in [7, 11) is 0. The second-order valence-electron chi connectivity index (χ2n) is 4.58. The van der Waals surface area contributed by atoms with Crippen molar-refractivity contribution in [2.45, 2.75) is 26.3 Å². The summed E-state index contributed by atoms with van der Waals surface area (Å²) < 4.78 is 0. The van der Waals surface area contributed by atoms with E-state index in [9.17, 15) is 4.79 Å². The minimum atomic E-state index is -0.188. The molecule has 2 rings (SSSR count). The van der Waals surface area contributed by atoms with Crippen LogP contribution in [0.15, 0.2) is 24.5 Å². The van der Waals surface area contributed by atoms with E-state index in [1.54, 1.807) is 24.5 Å². The van der Waals surface area contributed by atoms with Crippen molar-refractivity contribution < 1.29 is 4.79 Å². The van der Waals surface area contributed by atoms with Gasteiger partial charge in [0, 0.05) is 23.7 Å². The summed E-state index contributed by atoms with van der Waals surface area (Å²) in [6.07, 6.45) is 3.35. The predicted octanol–water partition coefficient (Wildman–Crippen LogP) is 1.44. The quantitative estimate of drug-likeness (QED) is 0.774. The topological polar surface area (TPSA) is 96.7 Å². The van der Waals surface area contributed by atoms with Crippen LogP contribution in [0.25, 0.3) is 0 Å². The van der Waals surface area contributed by atoms with Gasteiger partial charge in [0.25, 0.3) is 5.91 Å². The molecule has 100 valence electrons. The lowest BCUT2D eigenvalue weighted by Gasteiger charge is -2.09. The van der Waals surface area contributed by atoms with E-state index in [0.29, 0.717) is 23.8 Å². The lowest BCUT2D eigenvalue weighted by atomic mass is 10.1. The fourth-order valence-electron chi connectivity index (χ4n) is 1.66. The maximum atomic E-state index is 12.0. The Bertz CT molecular complexity index is 562. The number of nitrogens with zero attached hydrogens (tertiary/aromatic N) is 2. The van der Waals surface area contributed by atoms with Gasteiger partial charge in [-0.05, 0) is 18.1 Å². The van der Waals surface area contributed by atoms with E-state index in [2.05, 4.69) is 20.3 Å². The summed E-state index contributed by atoms with van der Waals surface area (Å²) in [5.74, 6) is 1.10. The molecule has 0 spiro atoms. The highest BCUT2D eigenvalue weighted by Gasteiger charge is 2.11. The molecule has 0 aliphatic carbocycles. The normalized spacial score (nSPS) is 10.7. The molecule has 0 aliphatic heterocycles. The average molecular weight is 259 g/mol. The largest absolute Gasteiger partial charge is 0.384 e. The van der Waals surface area contributed by atoms with E-state index >= 15 is 0 Å². The van der Waals surface area contributed by atoms with Gasteiger partial charge < -0.3 is 16.0 Å². The summed E-state index contributed by atoms with van der Waals surface area (Å²) >= 11 is 0. The molecule has 0 aromatic carbocycles. The van der Waals surface area contributed by atoms with Crippen molar-refractivity contribution in [1.29, 1.82) is 0 Å². The highest BCUT2D eigenvalue weighted by molar-refractivity contribution is 5.94. The van der Waals surface area contributed by atoms with Crippen LogP contribution in [0.3, 0.4) is 0 Å². The van der Waals surface area contributed by atoms with Crippen LogP contribution in [0.4, 0.5) is 5.82 Å². The monoisotopic (exact) mass is 259 g/mol. The fraction of sp³-hybridized carbons (Fsp3) is 0.308. The number of amides is 1. The third-order valence-corrected chi connectivity index (χ3v) is 2.69. The number of hydrogen-bond acceptors (Lipinski definition) is 4. The Labute approximate surface area is 111 Å². The average Bonchev–Trinajstić information content (AvgIpc) is 2.88. The summed E-state index contributed by atoms with van der Waals surface area (Å²) in [5, 5.41) is 2.78. The molecule has 6 nitrogen and oxygen atoms in total. The number of rotatable bonds is 4. The van der Waals surface area contributed by atoms with E-state index in [1.165, 1.54) is 0 Å². The molecule has 0 fully saturated rings. The predicted molar refractivity (Wildman–Crippen MR) is 72.5 cm³/mol. The van der Waals surface area contributed by atoms with Crippen LogP contribution >= 0.6 is 0 Å². The zero-order chi connectivity index (χ0) is 13.8. The number of aromatic nitrogens is 3. The van der Waals surface area contributed by atoms with Crippen molar-refractivity contribution in [3.05, 3.63) is 41.6 Å². The molecule has 0 radical (unpaired) electrons. The van der Waals surface area contributed by atoms with E-state index < -0.39 is 0 Å². The Morgan fingerprint density at radius 3 is 2.89 bits per heavy atom. The standard InChI is InChI=1S/C13H17N5O/c1-8(2)10-5-9(6-11(14)18-10)13(19)17-7-12-15-3-4-16-12/h3-6,8H,7H2,1-2H3,(H2,14,18)(H,15,16)(H,17,19). The second kappa shape index (κ2) is 5.51. The van der Waals surface area contributed by atoms with Crippen molar-refractivity contribution in [1.82, 2.24) is 20.3 Å². The first-order valence-electron chi connectivity index (χ1n) is 6.10. The Morgan fingerprint density at radius 1 is 1.47 bits per heavy atom. The molecule has 0 atom stereocenters. The molecule has 4 N–H and O–H groups in total. The Hall–Kier alpha value is -2.37. The molecule has 0 saturated carbocycles. The summed E-state index contributed by atoms with van der Waals surface area (Å²) in [5.41, 5.74) is 7.04. The van der Waals surface area contributed by atoms with Gasteiger partial charge in [-0.25, -0.2) is 9.97 Å².